The molecule has 3 rings (SSSR count). The lowest BCUT2D eigenvalue weighted by atomic mass is 10.3. The number of likely N-dealkylation sites (tertiary alicyclic amines) is 1. The Morgan fingerprint density at radius 1 is 1.36 bits per heavy atom. The summed E-state index contributed by atoms with van der Waals surface area (Å²) in [5.41, 5.74) is 1.09. The molecule has 2 N–H and O–H groups in total. The molecule has 1 amide bonds. The summed E-state index contributed by atoms with van der Waals surface area (Å²) in [5, 5.41) is 7.96. The zero-order chi connectivity index (χ0) is 19.1. The zero-order valence-electron chi connectivity index (χ0n) is 16.6. The molecule has 1 atom stereocenters. The number of aryl methyl sites for hydroxylation is 1. The number of nitrogens with one attached hydrogen (secondary N) is 2. The molecule has 8 heteroatoms. The largest absolute Gasteiger partial charge is 0.357 e. The number of hydrogen-bond acceptors (Lipinski definition) is 4. The molecule has 6 nitrogen and oxygen atoms in total. The number of aromatic nitrogens is 1. The summed E-state index contributed by atoms with van der Waals surface area (Å²) < 4.78 is 1.25. The molecule has 1 aromatic heterocycles. The third-order valence-electron chi connectivity index (χ3n) is 4.69. The molecule has 0 saturated carbocycles. The second-order valence-corrected chi connectivity index (χ2v) is 7.88. The van der Waals surface area contributed by atoms with Crippen LogP contribution in [0, 0.1) is 0 Å². The van der Waals surface area contributed by atoms with E-state index in [1.807, 2.05) is 17.9 Å². The van der Waals surface area contributed by atoms with Crippen LogP contribution in [0.4, 0.5) is 0 Å². The van der Waals surface area contributed by atoms with E-state index in [9.17, 15) is 4.79 Å². The summed E-state index contributed by atoms with van der Waals surface area (Å²) >= 11 is 1.77. The Hall–Kier alpha value is -1.42. The molecule has 1 fully saturated rings. The van der Waals surface area contributed by atoms with Crippen LogP contribution in [0.5, 0.6) is 0 Å². The van der Waals surface area contributed by atoms with E-state index in [0.717, 1.165) is 56.9 Å². The molecule has 1 unspecified atom stereocenters. The van der Waals surface area contributed by atoms with Crippen molar-refractivity contribution in [1.82, 2.24) is 20.5 Å². The third kappa shape index (κ3) is 6.30. The predicted molar refractivity (Wildman–Crippen MR) is 128 cm³/mol. The van der Waals surface area contributed by atoms with E-state index in [1.54, 1.807) is 11.3 Å². The van der Waals surface area contributed by atoms with Gasteiger partial charge in [-0.2, -0.15) is 0 Å². The highest BCUT2D eigenvalue weighted by atomic mass is 127. The number of thiazole rings is 1. The molecule has 0 bridgehead atoms. The lowest BCUT2D eigenvalue weighted by molar-refractivity contribution is -0.129. The number of aliphatic imine (C=N–C) groups is 1. The minimum absolute atomic E-state index is 0. The third-order valence-corrected chi connectivity index (χ3v) is 5.78. The van der Waals surface area contributed by atoms with Gasteiger partial charge in [0, 0.05) is 45.1 Å². The lowest BCUT2D eigenvalue weighted by Gasteiger charge is -2.18. The minimum atomic E-state index is 0. The van der Waals surface area contributed by atoms with Crippen LogP contribution in [-0.4, -0.2) is 54.0 Å². The van der Waals surface area contributed by atoms with Crippen LogP contribution in [0.3, 0.4) is 0 Å². The van der Waals surface area contributed by atoms with Crippen molar-refractivity contribution in [2.24, 2.45) is 4.99 Å². The van der Waals surface area contributed by atoms with Gasteiger partial charge in [-0.25, -0.2) is 4.98 Å². The van der Waals surface area contributed by atoms with E-state index >= 15 is 0 Å². The second kappa shape index (κ2) is 11.5. The Morgan fingerprint density at radius 2 is 2.18 bits per heavy atom. The van der Waals surface area contributed by atoms with Gasteiger partial charge < -0.3 is 15.5 Å². The smallest absolute Gasteiger partial charge is 0.222 e. The summed E-state index contributed by atoms with van der Waals surface area (Å²) in [7, 11) is 0. The van der Waals surface area contributed by atoms with E-state index in [4.69, 9.17) is 4.99 Å². The summed E-state index contributed by atoms with van der Waals surface area (Å²) in [4.78, 5) is 23.2. The number of nitrogens with zero attached hydrogens (tertiary/aromatic N) is 3. The second-order valence-electron chi connectivity index (χ2n) is 6.76. The van der Waals surface area contributed by atoms with Crippen molar-refractivity contribution in [3.05, 3.63) is 29.3 Å². The van der Waals surface area contributed by atoms with Crippen molar-refractivity contribution in [3.8, 4) is 0 Å². The number of carbonyl (C=O) groups is 1. The number of halogens is 1. The van der Waals surface area contributed by atoms with Crippen LogP contribution < -0.4 is 10.6 Å². The summed E-state index contributed by atoms with van der Waals surface area (Å²) in [6, 6.07) is 8.55. The van der Waals surface area contributed by atoms with Crippen molar-refractivity contribution in [1.29, 1.82) is 0 Å². The molecule has 1 aromatic carbocycles. The molecule has 1 aliphatic rings. The quantitative estimate of drug-likeness (QED) is 0.257. The Balaban J connectivity index is 0.00000280. The predicted octanol–water partition coefficient (Wildman–Crippen LogP) is 3.41. The number of rotatable bonds is 7. The topological polar surface area (TPSA) is 69.6 Å². The first kappa shape index (κ1) is 22.9. The van der Waals surface area contributed by atoms with E-state index in [0.29, 0.717) is 6.42 Å². The van der Waals surface area contributed by atoms with Crippen LogP contribution in [-0.2, 0) is 11.2 Å². The number of fused-ring (bicyclic) bond motifs is 1. The van der Waals surface area contributed by atoms with E-state index in [2.05, 4.69) is 40.7 Å². The average molecular weight is 515 g/mol. The molecule has 0 spiro atoms. The van der Waals surface area contributed by atoms with Gasteiger partial charge in [-0.15, -0.1) is 35.3 Å². The van der Waals surface area contributed by atoms with Gasteiger partial charge in [0.15, 0.2) is 5.96 Å². The van der Waals surface area contributed by atoms with Crippen LogP contribution in [0.15, 0.2) is 29.3 Å². The van der Waals surface area contributed by atoms with Crippen molar-refractivity contribution in [3.63, 3.8) is 0 Å². The van der Waals surface area contributed by atoms with Gasteiger partial charge in [-0.05, 0) is 31.9 Å². The van der Waals surface area contributed by atoms with Gasteiger partial charge in [-0.3, -0.25) is 9.79 Å². The molecule has 1 saturated heterocycles. The van der Waals surface area contributed by atoms with Gasteiger partial charge in [0.1, 0.15) is 0 Å². The number of carbonyl (C=O) groups excluding carboxylic acids is 1. The SMILES string of the molecule is CCNC(=NCCCc1nc2ccccc2s1)NC1CCN(C(=O)CC)C1.I. The first-order chi connectivity index (χ1) is 13.2. The Kier molecular flexibility index (Phi) is 9.43. The zero-order valence-corrected chi connectivity index (χ0v) is 19.8. The average Bonchev–Trinajstić information content (AvgIpc) is 3.31. The maximum absolute atomic E-state index is 11.8. The normalized spacial score (nSPS) is 16.9. The van der Waals surface area contributed by atoms with E-state index in [-0.39, 0.29) is 35.9 Å². The number of benzene rings is 1. The standard InChI is InChI=1S/C20H29N5OS.HI/c1-3-19(26)25-13-11-15(14-25)23-20(21-4-2)22-12-7-10-18-24-16-8-5-6-9-17(16)27-18;/h5-6,8-9,15H,3-4,7,10-14H2,1-2H3,(H2,21,22,23);1H. The highest BCUT2D eigenvalue weighted by Gasteiger charge is 2.25. The maximum atomic E-state index is 11.8. The molecule has 28 heavy (non-hydrogen) atoms. The van der Waals surface area contributed by atoms with Gasteiger partial charge in [0.2, 0.25) is 5.91 Å². The molecule has 154 valence electrons. The highest BCUT2D eigenvalue weighted by Crippen LogP contribution is 2.22. The fourth-order valence-corrected chi connectivity index (χ4v) is 4.30. The maximum Gasteiger partial charge on any atom is 0.222 e. The first-order valence-corrected chi connectivity index (χ1v) is 10.7. The van der Waals surface area contributed by atoms with Gasteiger partial charge in [-0.1, -0.05) is 19.1 Å². The number of guanidine groups is 1. The van der Waals surface area contributed by atoms with Crippen molar-refractivity contribution < 1.29 is 4.79 Å². The monoisotopic (exact) mass is 515 g/mol. The minimum Gasteiger partial charge on any atom is -0.357 e. The fraction of sp³-hybridized carbons (Fsp3) is 0.550. The van der Waals surface area contributed by atoms with E-state index < -0.39 is 0 Å². The number of amides is 1. The molecule has 0 radical (unpaired) electrons. The van der Waals surface area contributed by atoms with Crippen LogP contribution in [0.25, 0.3) is 10.2 Å². The first-order valence-electron chi connectivity index (χ1n) is 9.86. The number of para-hydroxylation sites is 1. The Morgan fingerprint density at radius 3 is 2.93 bits per heavy atom. The molecular weight excluding hydrogens is 485 g/mol. The van der Waals surface area contributed by atoms with E-state index in [1.165, 1.54) is 9.71 Å². The van der Waals surface area contributed by atoms with Gasteiger partial charge in [0.05, 0.1) is 15.2 Å². The summed E-state index contributed by atoms with van der Waals surface area (Å²) in [6.07, 6.45) is 3.47. The fourth-order valence-electron chi connectivity index (χ4n) is 3.29. The Bertz CT molecular complexity index is 761. The van der Waals surface area contributed by atoms with Gasteiger partial charge >= 0.3 is 0 Å². The van der Waals surface area contributed by atoms with Crippen molar-refractivity contribution in [2.75, 3.05) is 26.2 Å². The van der Waals surface area contributed by atoms with Gasteiger partial charge in [0.25, 0.3) is 0 Å². The van der Waals surface area contributed by atoms with Crippen LogP contribution >= 0.6 is 35.3 Å². The lowest BCUT2D eigenvalue weighted by Crippen LogP contribution is -2.45. The molecule has 2 aromatic rings. The van der Waals surface area contributed by atoms with Crippen molar-refractivity contribution in [2.45, 2.75) is 45.6 Å². The summed E-state index contributed by atoms with van der Waals surface area (Å²) in [6.45, 7) is 7.17. The highest BCUT2D eigenvalue weighted by molar-refractivity contribution is 14.0. The molecular formula is C20H30IN5OS. The molecule has 0 aliphatic carbocycles. The van der Waals surface area contributed by atoms with Crippen molar-refractivity contribution >= 4 is 57.4 Å². The summed E-state index contributed by atoms with van der Waals surface area (Å²) in [5.74, 6) is 1.08. The molecule has 2 heterocycles. The number of hydrogen-bond donors (Lipinski definition) is 2. The molecule has 1 aliphatic heterocycles. The Labute approximate surface area is 188 Å². The van der Waals surface area contributed by atoms with Crippen LogP contribution in [0.1, 0.15) is 38.1 Å². The van der Waals surface area contributed by atoms with Crippen LogP contribution in [0.2, 0.25) is 0 Å².